The molecule has 294 valence electrons. The van der Waals surface area contributed by atoms with E-state index in [1.807, 2.05) is 21.1 Å². The minimum Gasteiger partial charge on any atom is -0.477 e. The average Bonchev–Trinajstić information content (AvgIpc) is 3.06. The number of carboxylic acid groups (broad SMARTS) is 1. The summed E-state index contributed by atoms with van der Waals surface area (Å²) >= 11 is 0. The van der Waals surface area contributed by atoms with Crippen LogP contribution >= 0.6 is 0 Å². The lowest BCUT2D eigenvalue weighted by Crippen LogP contribution is -2.50. The van der Waals surface area contributed by atoms with Gasteiger partial charge in [-0.25, -0.2) is 4.79 Å². The fraction of sp³-hybridized carbons (Fsp3) is 0.881. The number of aliphatic carboxylic acids is 1. The quantitative estimate of drug-likeness (QED) is 0.0296. The Balaban J connectivity index is 4.38. The maximum Gasteiger partial charge on any atom is 0.362 e. The largest absolute Gasteiger partial charge is 0.477 e. The van der Waals surface area contributed by atoms with Gasteiger partial charge in [0.1, 0.15) is 6.61 Å². The van der Waals surface area contributed by atoms with E-state index in [2.05, 4.69) is 26.0 Å². The first kappa shape index (κ1) is 48.1. The number of hydrogen-bond acceptors (Lipinski definition) is 6. The lowest BCUT2D eigenvalue weighted by molar-refractivity contribution is -0.887. The van der Waals surface area contributed by atoms with Gasteiger partial charge < -0.3 is 23.8 Å². The Bertz CT molecular complexity index is 838. The van der Waals surface area contributed by atoms with Gasteiger partial charge in [0.2, 0.25) is 0 Å². The number of allylic oxidation sites excluding steroid dienone is 2. The van der Waals surface area contributed by atoms with E-state index in [0.29, 0.717) is 19.3 Å². The van der Waals surface area contributed by atoms with E-state index in [4.69, 9.17) is 14.2 Å². The molecule has 0 aromatic rings. The van der Waals surface area contributed by atoms with E-state index in [1.165, 1.54) is 103 Å². The zero-order valence-electron chi connectivity index (χ0n) is 33.4. The van der Waals surface area contributed by atoms with Gasteiger partial charge in [-0.2, -0.15) is 0 Å². The van der Waals surface area contributed by atoms with Gasteiger partial charge in [0, 0.05) is 19.3 Å². The van der Waals surface area contributed by atoms with Crippen molar-refractivity contribution in [2.24, 2.45) is 0 Å². The number of unbranched alkanes of at least 4 members (excludes halogenated alkanes) is 21. The molecule has 0 radical (unpaired) electrons. The van der Waals surface area contributed by atoms with Crippen LogP contribution < -0.4 is 0 Å². The summed E-state index contributed by atoms with van der Waals surface area (Å²) < 4.78 is 17.2. The number of carboxylic acids is 1. The lowest BCUT2D eigenvalue weighted by Gasteiger charge is -2.31. The summed E-state index contributed by atoms with van der Waals surface area (Å²) in [5.41, 5.74) is 0. The zero-order chi connectivity index (χ0) is 37.1. The molecule has 8 heteroatoms. The third-order valence-electron chi connectivity index (χ3n) is 9.41. The van der Waals surface area contributed by atoms with Crippen LogP contribution in [0.3, 0.4) is 0 Å². The molecular weight excluding hydrogens is 630 g/mol. The molecule has 0 amide bonds. The molecule has 0 aromatic heterocycles. The molecule has 0 heterocycles. The molecule has 0 saturated carbocycles. The van der Waals surface area contributed by atoms with Crippen molar-refractivity contribution in [3.8, 4) is 0 Å². The lowest BCUT2D eigenvalue weighted by atomic mass is 10.1. The predicted octanol–water partition coefficient (Wildman–Crippen LogP) is 10.7. The normalized spacial score (nSPS) is 13.1. The van der Waals surface area contributed by atoms with Crippen LogP contribution in [0.1, 0.15) is 187 Å². The van der Waals surface area contributed by atoms with E-state index in [0.717, 1.165) is 51.4 Å². The fourth-order valence-corrected chi connectivity index (χ4v) is 6.14. The summed E-state index contributed by atoms with van der Waals surface area (Å²) in [6.07, 6.45) is 33.9. The van der Waals surface area contributed by atoms with Crippen molar-refractivity contribution in [2.75, 3.05) is 41.0 Å². The summed E-state index contributed by atoms with van der Waals surface area (Å²) in [7, 11) is 5.52. The van der Waals surface area contributed by atoms with Crippen LogP contribution in [0.4, 0.5) is 0 Å². The predicted molar refractivity (Wildman–Crippen MR) is 206 cm³/mol. The number of carbonyl (C=O) groups excluding carboxylic acids is 2. The molecule has 8 nitrogen and oxygen atoms in total. The number of carbonyl (C=O) groups is 3. The van der Waals surface area contributed by atoms with Crippen LogP contribution in [-0.4, -0.2) is 80.6 Å². The third kappa shape index (κ3) is 32.0. The van der Waals surface area contributed by atoms with Gasteiger partial charge in [-0.15, -0.1) is 0 Å². The number of quaternary nitrogens is 1. The maximum atomic E-state index is 12.7. The smallest absolute Gasteiger partial charge is 0.362 e. The van der Waals surface area contributed by atoms with E-state index >= 15 is 0 Å². The SMILES string of the molecule is CCCCCCCC/C=C\CCCCCCCC(=O)OC(COCCC(C(=O)O)[N+](C)(C)C)COC(=O)CCCCCCCCCCCCC. The topological polar surface area (TPSA) is 99.1 Å². The minimum absolute atomic E-state index is 0.0489. The number of nitrogens with zero attached hydrogens (tertiary/aromatic N) is 1. The third-order valence-corrected chi connectivity index (χ3v) is 9.41. The summed E-state index contributed by atoms with van der Waals surface area (Å²) in [4.78, 5) is 36.8. The first-order chi connectivity index (χ1) is 24.1. The van der Waals surface area contributed by atoms with Crippen molar-refractivity contribution in [1.29, 1.82) is 0 Å². The Hall–Kier alpha value is -1.93. The van der Waals surface area contributed by atoms with Crippen molar-refractivity contribution in [1.82, 2.24) is 0 Å². The highest BCUT2D eigenvalue weighted by atomic mass is 16.6. The monoisotopic (exact) mass is 711 g/mol. The number of hydrogen-bond donors (Lipinski definition) is 1. The Labute approximate surface area is 308 Å². The van der Waals surface area contributed by atoms with Crippen molar-refractivity contribution in [3.05, 3.63) is 12.2 Å². The molecular formula is C42H80NO7+. The molecule has 0 aromatic carbocycles. The van der Waals surface area contributed by atoms with Crippen LogP contribution in [0.2, 0.25) is 0 Å². The van der Waals surface area contributed by atoms with Gasteiger partial charge in [0.25, 0.3) is 0 Å². The number of rotatable bonds is 37. The van der Waals surface area contributed by atoms with Crippen LogP contribution in [0.25, 0.3) is 0 Å². The van der Waals surface area contributed by atoms with Crippen molar-refractivity contribution < 1.29 is 38.2 Å². The molecule has 0 aliphatic carbocycles. The maximum absolute atomic E-state index is 12.7. The fourth-order valence-electron chi connectivity index (χ4n) is 6.14. The number of ether oxygens (including phenoxy) is 3. The van der Waals surface area contributed by atoms with Gasteiger partial charge in [0.05, 0.1) is 34.4 Å². The van der Waals surface area contributed by atoms with E-state index < -0.39 is 18.1 Å². The van der Waals surface area contributed by atoms with E-state index in [1.54, 1.807) is 0 Å². The summed E-state index contributed by atoms with van der Waals surface area (Å²) in [5.74, 6) is -1.47. The first-order valence-corrected chi connectivity index (χ1v) is 20.7. The standard InChI is InChI=1S/C42H79NO7/c1-6-8-10-12-14-16-18-19-20-21-23-25-27-29-31-33-41(45)50-38(36-48-35-34-39(42(46)47)43(3,4)5)37-49-40(44)32-30-28-26-24-22-17-15-13-11-9-7-2/h19-20,38-39H,6-18,21-37H2,1-5H3/p+1/b20-19-. The number of likely N-dealkylation sites (N-methyl/N-ethyl adjacent to an activating group) is 1. The van der Waals surface area contributed by atoms with Crippen LogP contribution in [-0.2, 0) is 28.6 Å². The molecule has 0 bridgehead atoms. The van der Waals surface area contributed by atoms with Crippen LogP contribution in [0.5, 0.6) is 0 Å². The second-order valence-electron chi connectivity index (χ2n) is 15.2. The van der Waals surface area contributed by atoms with E-state index in [9.17, 15) is 19.5 Å². The number of esters is 2. The molecule has 0 aliphatic rings. The first-order valence-electron chi connectivity index (χ1n) is 20.7. The summed E-state index contributed by atoms with van der Waals surface area (Å²) in [5, 5.41) is 9.59. The van der Waals surface area contributed by atoms with Gasteiger partial charge in [-0.1, -0.05) is 142 Å². The van der Waals surface area contributed by atoms with Gasteiger partial charge >= 0.3 is 17.9 Å². The van der Waals surface area contributed by atoms with Crippen LogP contribution in [0, 0.1) is 0 Å². The molecule has 0 saturated heterocycles. The second kappa shape index (κ2) is 34.2. The van der Waals surface area contributed by atoms with Crippen molar-refractivity contribution >= 4 is 17.9 Å². The zero-order valence-corrected chi connectivity index (χ0v) is 33.4. The molecule has 0 fully saturated rings. The van der Waals surface area contributed by atoms with Crippen molar-refractivity contribution in [3.63, 3.8) is 0 Å². The van der Waals surface area contributed by atoms with Gasteiger partial charge in [-0.3, -0.25) is 9.59 Å². The highest BCUT2D eigenvalue weighted by Crippen LogP contribution is 2.14. The molecule has 0 aliphatic heterocycles. The molecule has 0 rings (SSSR count). The molecule has 2 unspecified atom stereocenters. The Morgan fingerprint density at radius 1 is 0.580 bits per heavy atom. The highest BCUT2D eigenvalue weighted by molar-refractivity contribution is 5.72. The Kier molecular flexibility index (Phi) is 32.9. The van der Waals surface area contributed by atoms with E-state index in [-0.39, 0.29) is 36.2 Å². The second-order valence-corrected chi connectivity index (χ2v) is 15.2. The molecule has 1 N–H and O–H groups in total. The summed E-state index contributed by atoms with van der Waals surface area (Å²) in [6, 6.07) is -0.610. The average molecular weight is 711 g/mol. The molecule has 2 atom stereocenters. The Morgan fingerprint density at radius 3 is 1.44 bits per heavy atom. The summed E-state index contributed by atoms with van der Waals surface area (Å²) in [6.45, 7) is 4.72. The molecule has 50 heavy (non-hydrogen) atoms. The molecule has 0 spiro atoms. The van der Waals surface area contributed by atoms with Gasteiger partial charge in [0.15, 0.2) is 12.1 Å². The Morgan fingerprint density at radius 2 is 1.00 bits per heavy atom. The van der Waals surface area contributed by atoms with Crippen LogP contribution in [0.15, 0.2) is 12.2 Å². The van der Waals surface area contributed by atoms with Gasteiger partial charge in [-0.05, 0) is 38.5 Å². The van der Waals surface area contributed by atoms with Crippen molar-refractivity contribution in [2.45, 2.75) is 199 Å². The highest BCUT2D eigenvalue weighted by Gasteiger charge is 2.31. The minimum atomic E-state index is -0.875.